The lowest BCUT2D eigenvalue weighted by Gasteiger charge is -2.29. The van der Waals surface area contributed by atoms with E-state index >= 15 is 8.78 Å². The summed E-state index contributed by atoms with van der Waals surface area (Å²) in [5.41, 5.74) is 4.39. The number of ether oxygens (including phenoxy) is 2. The van der Waals surface area contributed by atoms with Gasteiger partial charge in [-0.1, -0.05) is 0 Å². The minimum Gasteiger partial charge on any atom is -0.394 e. The van der Waals surface area contributed by atoms with E-state index in [0.717, 1.165) is 6.33 Å². The normalized spacial score (nSPS) is 31.1. The molecule has 10 unspecified atom stereocenters. The van der Waals surface area contributed by atoms with Crippen molar-refractivity contribution in [2.24, 2.45) is 0 Å². The summed E-state index contributed by atoms with van der Waals surface area (Å²) in [6.45, 7) is -5.58. The number of nitrogens with one attached hydrogen (secondary N) is 1. The number of rotatable bonds is 9. The number of aromatic nitrogens is 7. The molecule has 43 heavy (non-hydrogen) atoms. The summed E-state index contributed by atoms with van der Waals surface area (Å²) in [4.78, 5) is 42.1. The van der Waals surface area contributed by atoms with Crippen molar-refractivity contribution >= 4 is 65.8 Å². The fraction of sp³-hybridized carbons (Fsp3) is 0.476. The number of fused-ring (bicyclic) bond motifs is 2. The number of hydrogen-bond donors (Lipinski definition) is 5. The number of aliphatic hydroxyl groups excluding tert-OH is 1. The van der Waals surface area contributed by atoms with E-state index in [2.05, 4.69) is 37.2 Å². The Morgan fingerprint density at radius 2 is 1.86 bits per heavy atom. The highest BCUT2D eigenvalue weighted by molar-refractivity contribution is 8.39. The monoisotopic (exact) mass is 679 g/mol. The molecular formula is C21H23F2N8O8P2S2+. The first kappa shape index (κ1) is 30.5. The van der Waals surface area contributed by atoms with Crippen LogP contribution in [-0.4, -0.2) is 93.6 Å². The number of thiol groups is 1. The molecule has 16 nitrogen and oxygen atoms in total. The maximum Gasteiger partial charge on any atom is 0.582 e. The minimum atomic E-state index is -4.21. The highest BCUT2D eigenvalue weighted by Gasteiger charge is 2.55. The maximum atomic E-state index is 15.7. The van der Waals surface area contributed by atoms with Gasteiger partial charge >= 0.3 is 7.23 Å². The first-order valence-corrected chi connectivity index (χ1v) is 17.6. The van der Waals surface area contributed by atoms with E-state index in [-0.39, 0.29) is 28.0 Å². The van der Waals surface area contributed by atoms with Crippen LogP contribution in [0.3, 0.4) is 0 Å². The molecule has 0 amide bonds. The van der Waals surface area contributed by atoms with Crippen LogP contribution in [0.2, 0.25) is 0 Å². The van der Waals surface area contributed by atoms with Crippen LogP contribution in [0.4, 0.5) is 14.6 Å². The molecule has 0 spiro atoms. The van der Waals surface area contributed by atoms with Gasteiger partial charge in [0.25, 0.3) is 5.56 Å². The molecule has 6 heterocycles. The predicted octanol–water partition coefficient (Wildman–Crippen LogP) is 1.27. The molecule has 22 heteroatoms. The predicted molar refractivity (Wildman–Crippen MR) is 152 cm³/mol. The molecule has 2 aliphatic heterocycles. The lowest BCUT2D eigenvalue weighted by Crippen LogP contribution is -2.34. The molecule has 6 rings (SSSR count). The smallest absolute Gasteiger partial charge is 0.394 e. The highest BCUT2D eigenvalue weighted by Crippen LogP contribution is 2.59. The molecule has 2 fully saturated rings. The van der Waals surface area contributed by atoms with Crippen molar-refractivity contribution in [3.8, 4) is 0 Å². The van der Waals surface area contributed by atoms with Crippen LogP contribution in [0.1, 0.15) is 12.5 Å². The quantitative estimate of drug-likeness (QED) is 0.125. The summed E-state index contributed by atoms with van der Waals surface area (Å²) in [7, 11) is -2.62. The van der Waals surface area contributed by atoms with Crippen molar-refractivity contribution in [2.45, 2.75) is 48.8 Å². The van der Waals surface area contributed by atoms with Crippen LogP contribution in [-0.2, 0) is 34.9 Å². The van der Waals surface area contributed by atoms with Crippen molar-refractivity contribution in [1.82, 2.24) is 34.1 Å². The third kappa shape index (κ3) is 5.39. The highest BCUT2D eigenvalue weighted by atomic mass is 32.7. The molecule has 0 radical (unpaired) electrons. The van der Waals surface area contributed by atoms with E-state index < -0.39 is 81.3 Å². The Morgan fingerprint density at radius 1 is 1.14 bits per heavy atom. The lowest BCUT2D eigenvalue weighted by atomic mass is 10.1. The molecule has 2 saturated heterocycles. The first-order valence-electron chi connectivity index (χ1n) is 12.5. The second-order valence-electron chi connectivity index (χ2n) is 9.64. The molecule has 5 N–H and O–H groups in total. The topological polar surface area (TPSA) is 215 Å². The number of aliphatic hydroxyl groups is 1. The number of nitrogen functional groups attached to an aromatic ring is 1. The summed E-state index contributed by atoms with van der Waals surface area (Å²) >= 11 is 9.11. The molecule has 0 saturated carbocycles. The minimum absolute atomic E-state index is 0.0270. The Bertz CT molecular complexity index is 1800. The van der Waals surface area contributed by atoms with Crippen LogP contribution in [0.15, 0.2) is 36.0 Å². The standard InChI is InChI=1S/C21H22F2N8O8P2S2/c22-11-9(3-32)37-21(30-6-28-13-8(30)1-2-25-19(13)33)16(11)41(35,43)36-4-10-15(39-40(34)42)12(23)20(38-10)31-7-29-14-17(24)26-5-27-18(14)31/h1-2,5-7,9-12,15-16,20-21,32H,3-4H2,(H4-,24,25,26,27,33,34,35,42,43)/p+1. The van der Waals surface area contributed by atoms with Gasteiger partial charge in [0, 0.05) is 6.20 Å². The van der Waals surface area contributed by atoms with Gasteiger partial charge < -0.3 is 39.3 Å². The molecule has 10 atom stereocenters. The number of pyridine rings is 1. The molecule has 0 aromatic carbocycles. The Kier molecular flexibility index (Phi) is 8.36. The van der Waals surface area contributed by atoms with E-state index in [1.54, 1.807) is 0 Å². The van der Waals surface area contributed by atoms with Crippen LogP contribution in [0.25, 0.3) is 22.2 Å². The number of anilines is 1. The zero-order valence-corrected chi connectivity index (χ0v) is 25.0. The van der Waals surface area contributed by atoms with Gasteiger partial charge in [-0.2, -0.15) is 0 Å². The van der Waals surface area contributed by atoms with Gasteiger partial charge in [-0.15, -0.1) is 4.52 Å². The second kappa shape index (κ2) is 11.8. The number of aromatic amines is 1. The third-order valence-corrected chi connectivity index (χ3v) is 10.8. The van der Waals surface area contributed by atoms with Gasteiger partial charge in [0.15, 0.2) is 48.2 Å². The van der Waals surface area contributed by atoms with E-state index in [4.69, 9.17) is 36.1 Å². The van der Waals surface area contributed by atoms with Gasteiger partial charge in [-0.05, 0) is 22.4 Å². The number of nitrogens with two attached hydrogens (primary N) is 1. The molecule has 4 aromatic heterocycles. The summed E-state index contributed by atoms with van der Waals surface area (Å²) in [6.07, 6.45) is -5.98. The summed E-state index contributed by atoms with van der Waals surface area (Å²) < 4.78 is 68.2. The third-order valence-electron chi connectivity index (χ3n) is 7.19. The van der Waals surface area contributed by atoms with Crippen LogP contribution < -0.4 is 11.3 Å². The van der Waals surface area contributed by atoms with Crippen LogP contribution in [0.5, 0.6) is 0 Å². The first-order chi connectivity index (χ1) is 20.5. The SMILES string of the molecule is Nc1ncnc2c1ncn2C1OC(COP(O)(=S)C2C(F)C(CO)OC2n2cnc3c(=O)[nH]ccc32)C(O[P+](=O)S)C1F. The summed E-state index contributed by atoms with van der Waals surface area (Å²) in [6, 6.07) is 1.50. The molecule has 0 aliphatic carbocycles. The number of alkyl halides is 2. The van der Waals surface area contributed by atoms with Crippen molar-refractivity contribution in [1.29, 1.82) is 0 Å². The Hall–Kier alpha value is -2.51. The van der Waals surface area contributed by atoms with E-state index in [1.807, 2.05) is 0 Å². The van der Waals surface area contributed by atoms with E-state index in [9.17, 15) is 19.4 Å². The van der Waals surface area contributed by atoms with Crippen molar-refractivity contribution in [3.63, 3.8) is 0 Å². The molecule has 2 aliphatic rings. The Labute approximate surface area is 250 Å². The van der Waals surface area contributed by atoms with Gasteiger partial charge in [-0.25, -0.2) is 28.7 Å². The average molecular weight is 680 g/mol. The summed E-state index contributed by atoms with van der Waals surface area (Å²) in [5.74, 6) is 0.0508. The van der Waals surface area contributed by atoms with Gasteiger partial charge in [-0.3, -0.25) is 9.36 Å². The lowest BCUT2D eigenvalue weighted by molar-refractivity contribution is -0.0398. The van der Waals surface area contributed by atoms with Crippen molar-refractivity contribution < 1.29 is 41.9 Å². The number of halogens is 2. The van der Waals surface area contributed by atoms with Gasteiger partial charge in [0.05, 0.1) is 31.4 Å². The van der Waals surface area contributed by atoms with E-state index in [0.29, 0.717) is 0 Å². The van der Waals surface area contributed by atoms with E-state index in [1.165, 1.54) is 34.1 Å². The number of hydrogen-bond acceptors (Lipinski definition) is 13. The second-order valence-corrected chi connectivity index (χ2v) is 14.9. The largest absolute Gasteiger partial charge is 0.582 e. The fourth-order valence-electron chi connectivity index (χ4n) is 5.21. The van der Waals surface area contributed by atoms with Crippen molar-refractivity contribution in [2.75, 3.05) is 18.9 Å². The zero-order chi connectivity index (χ0) is 30.6. The fourth-order valence-corrected chi connectivity index (χ4v) is 8.46. The molecular weight excluding hydrogens is 656 g/mol. The maximum absolute atomic E-state index is 15.7. The van der Waals surface area contributed by atoms with Gasteiger partial charge in [0.1, 0.15) is 48.1 Å². The number of H-pyrrole nitrogens is 1. The molecule has 230 valence electrons. The zero-order valence-electron chi connectivity index (χ0n) is 21.5. The van der Waals surface area contributed by atoms with Crippen LogP contribution >= 0.6 is 26.0 Å². The molecule has 0 bridgehead atoms. The summed E-state index contributed by atoms with van der Waals surface area (Å²) in [5, 5.41) is 9.73. The van der Waals surface area contributed by atoms with Gasteiger partial charge in [0.2, 0.25) is 0 Å². The molecule has 4 aromatic rings. The Morgan fingerprint density at radius 3 is 2.60 bits per heavy atom. The Balaban J connectivity index is 1.28. The number of imidazole rings is 2. The van der Waals surface area contributed by atoms with Crippen molar-refractivity contribution in [3.05, 3.63) is 41.6 Å². The average Bonchev–Trinajstić information content (AvgIpc) is 3.72. The number of nitrogens with zero attached hydrogens (tertiary/aromatic N) is 6. The van der Waals surface area contributed by atoms with Crippen LogP contribution in [0, 0.1) is 0 Å².